The highest BCUT2D eigenvalue weighted by atomic mass is 35.5. The Balaban J connectivity index is 0.00000280. The zero-order valence-corrected chi connectivity index (χ0v) is 16.6. The van der Waals surface area contributed by atoms with Crippen LogP contribution in [0, 0.1) is 5.82 Å². The van der Waals surface area contributed by atoms with Gasteiger partial charge in [-0.3, -0.25) is 9.59 Å². The van der Waals surface area contributed by atoms with Crippen LogP contribution in [0.1, 0.15) is 29.3 Å². The first-order valence-electron chi connectivity index (χ1n) is 9.08. The summed E-state index contributed by atoms with van der Waals surface area (Å²) in [5.74, 6) is -0.671. The number of nitrogens with two attached hydrogens (primary N) is 1. The highest BCUT2D eigenvalue weighted by molar-refractivity contribution is 5.94. The quantitative estimate of drug-likeness (QED) is 0.853. The smallest absolute Gasteiger partial charge is 0.253 e. The molecule has 1 aliphatic heterocycles. The predicted molar refractivity (Wildman–Crippen MR) is 109 cm³/mol. The molecular formula is C21H25ClFN3O2. The van der Waals surface area contributed by atoms with Crippen molar-refractivity contribution >= 4 is 24.2 Å². The average molecular weight is 406 g/mol. The van der Waals surface area contributed by atoms with Crippen LogP contribution in [0.25, 0.3) is 0 Å². The van der Waals surface area contributed by atoms with Gasteiger partial charge in [0.1, 0.15) is 11.4 Å². The van der Waals surface area contributed by atoms with Gasteiger partial charge in [-0.1, -0.05) is 30.3 Å². The summed E-state index contributed by atoms with van der Waals surface area (Å²) in [5, 5.41) is 0. The van der Waals surface area contributed by atoms with Gasteiger partial charge in [0.2, 0.25) is 5.91 Å². The molecule has 1 atom stereocenters. The van der Waals surface area contributed by atoms with E-state index < -0.39 is 5.54 Å². The van der Waals surface area contributed by atoms with Crippen molar-refractivity contribution in [1.82, 2.24) is 9.80 Å². The molecule has 1 fully saturated rings. The summed E-state index contributed by atoms with van der Waals surface area (Å²) in [5.41, 5.74) is 6.45. The molecular weight excluding hydrogens is 381 g/mol. The van der Waals surface area contributed by atoms with Crippen molar-refractivity contribution in [2.24, 2.45) is 5.73 Å². The van der Waals surface area contributed by atoms with E-state index in [9.17, 15) is 14.0 Å². The summed E-state index contributed by atoms with van der Waals surface area (Å²) < 4.78 is 13.1. The lowest BCUT2D eigenvalue weighted by molar-refractivity contribution is -0.136. The van der Waals surface area contributed by atoms with E-state index in [-0.39, 0.29) is 30.0 Å². The molecule has 1 unspecified atom stereocenters. The van der Waals surface area contributed by atoms with Crippen LogP contribution in [-0.4, -0.2) is 47.8 Å². The fourth-order valence-corrected chi connectivity index (χ4v) is 3.33. The zero-order valence-electron chi connectivity index (χ0n) is 15.8. The number of carbonyl (C=O) groups excluding carboxylic acids is 2. The number of hydrogen-bond acceptors (Lipinski definition) is 3. The molecule has 2 aromatic carbocycles. The van der Waals surface area contributed by atoms with Crippen LogP contribution >= 0.6 is 12.4 Å². The van der Waals surface area contributed by atoms with Gasteiger partial charge in [0.15, 0.2) is 0 Å². The number of benzene rings is 2. The van der Waals surface area contributed by atoms with Crippen molar-refractivity contribution in [3.05, 3.63) is 71.5 Å². The monoisotopic (exact) mass is 405 g/mol. The number of rotatable bonds is 3. The fourth-order valence-electron chi connectivity index (χ4n) is 3.33. The number of halogens is 2. The Hall–Kier alpha value is -2.44. The predicted octanol–water partition coefficient (Wildman–Crippen LogP) is 2.80. The molecule has 0 saturated carbocycles. The van der Waals surface area contributed by atoms with Gasteiger partial charge >= 0.3 is 0 Å². The van der Waals surface area contributed by atoms with Gasteiger partial charge in [0.05, 0.1) is 0 Å². The minimum Gasteiger partial charge on any atom is -0.339 e. The number of carbonyl (C=O) groups is 2. The topological polar surface area (TPSA) is 66.6 Å². The molecule has 0 aliphatic carbocycles. The molecule has 1 aliphatic rings. The standard InChI is InChI=1S/C21H24FN3O2.ClH/c1-21(23,17-6-3-2-4-7-17)20(27)25-13-5-12-24(14-15-25)19(26)16-8-10-18(22)11-9-16;/h2-4,6-11H,5,12-15,23H2,1H3;1H. The second-order valence-electron chi connectivity index (χ2n) is 7.01. The molecule has 5 nitrogen and oxygen atoms in total. The Bertz CT molecular complexity index is 812. The van der Waals surface area contributed by atoms with Gasteiger partial charge < -0.3 is 15.5 Å². The lowest BCUT2D eigenvalue weighted by atomic mass is 9.91. The molecule has 150 valence electrons. The third kappa shape index (κ3) is 4.69. The maximum absolute atomic E-state index is 13.1. The van der Waals surface area contributed by atoms with Crippen molar-refractivity contribution in [3.8, 4) is 0 Å². The van der Waals surface area contributed by atoms with Crippen LogP contribution in [0.15, 0.2) is 54.6 Å². The van der Waals surface area contributed by atoms with Crippen molar-refractivity contribution in [2.75, 3.05) is 26.2 Å². The Morgan fingerprint density at radius 3 is 2.14 bits per heavy atom. The van der Waals surface area contributed by atoms with E-state index in [1.807, 2.05) is 30.3 Å². The maximum atomic E-state index is 13.1. The van der Waals surface area contributed by atoms with Crippen LogP contribution in [0.2, 0.25) is 0 Å². The summed E-state index contributed by atoms with van der Waals surface area (Å²) in [6, 6.07) is 14.8. The van der Waals surface area contributed by atoms with Gasteiger partial charge in [-0.05, 0) is 43.2 Å². The highest BCUT2D eigenvalue weighted by Crippen LogP contribution is 2.21. The normalized spacial score (nSPS) is 16.5. The molecule has 28 heavy (non-hydrogen) atoms. The summed E-state index contributed by atoms with van der Waals surface area (Å²) in [6.07, 6.45) is 0.670. The first-order valence-corrected chi connectivity index (χ1v) is 9.08. The average Bonchev–Trinajstić information content (AvgIpc) is 2.94. The van der Waals surface area contributed by atoms with E-state index in [0.29, 0.717) is 38.2 Å². The second-order valence-corrected chi connectivity index (χ2v) is 7.01. The van der Waals surface area contributed by atoms with Crippen LogP contribution in [0.5, 0.6) is 0 Å². The number of nitrogens with zero attached hydrogens (tertiary/aromatic N) is 2. The largest absolute Gasteiger partial charge is 0.339 e. The molecule has 0 spiro atoms. The summed E-state index contributed by atoms with van der Waals surface area (Å²) >= 11 is 0. The van der Waals surface area contributed by atoms with Crippen molar-refractivity contribution in [2.45, 2.75) is 18.9 Å². The Labute approximate surface area is 170 Å². The first kappa shape index (κ1) is 21.9. The van der Waals surface area contributed by atoms with Gasteiger partial charge in [-0.15, -0.1) is 12.4 Å². The van der Waals surface area contributed by atoms with Gasteiger partial charge in [0, 0.05) is 31.7 Å². The third-order valence-electron chi connectivity index (χ3n) is 4.98. The van der Waals surface area contributed by atoms with Crippen LogP contribution in [0.3, 0.4) is 0 Å². The van der Waals surface area contributed by atoms with Gasteiger partial charge in [0.25, 0.3) is 5.91 Å². The van der Waals surface area contributed by atoms with E-state index in [1.54, 1.807) is 16.7 Å². The molecule has 0 bridgehead atoms. The first-order chi connectivity index (χ1) is 12.9. The Morgan fingerprint density at radius 1 is 0.929 bits per heavy atom. The fraction of sp³-hybridized carbons (Fsp3) is 0.333. The van der Waals surface area contributed by atoms with E-state index >= 15 is 0 Å². The zero-order chi connectivity index (χ0) is 19.4. The van der Waals surface area contributed by atoms with Gasteiger partial charge in [-0.25, -0.2) is 4.39 Å². The van der Waals surface area contributed by atoms with Crippen LogP contribution in [0.4, 0.5) is 4.39 Å². The lowest BCUT2D eigenvalue weighted by Crippen LogP contribution is -2.51. The third-order valence-corrected chi connectivity index (χ3v) is 4.98. The van der Waals surface area contributed by atoms with Gasteiger partial charge in [-0.2, -0.15) is 0 Å². The maximum Gasteiger partial charge on any atom is 0.253 e. The summed E-state index contributed by atoms with van der Waals surface area (Å²) in [4.78, 5) is 29.1. The molecule has 0 aromatic heterocycles. The molecule has 1 heterocycles. The Kier molecular flexibility index (Phi) is 7.16. The van der Waals surface area contributed by atoms with E-state index in [4.69, 9.17) is 5.73 Å². The lowest BCUT2D eigenvalue weighted by Gasteiger charge is -2.31. The SMILES string of the molecule is CC(N)(C(=O)N1CCCN(C(=O)c2ccc(F)cc2)CC1)c1ccccc1.Cl. The molecule has 7 heteroatoms. The van der Waals surface area contributed by atoms with Crippen molar-refractivity contribution in [3.63, 3.8) is 0 Å². The number of amides is 2. The summed E-state index contributed by atoms with van der Waals surface area (Å²) in [6.45, 7) is 3.66. The molecule has 3 rings (SSSR count). The van der Waals surface area contributed by atoms with Crippen LogP contribution in [-0.2, 0) is 10.3 Å². The highest BCUT2D eigenvalue weighted by Gasteiger charge is 2.35. The van der Waals surface area contributed by atoms with Crippen molar-refractivity contribution in [1.29, 1.82) is 0 Å². The Morgan fingerprint density at radius 2 is 1.50 bits per heavy atom. The van der Waals surface area contributed by atoms with Crippen LogP contribution < -0.4 is 5.73 Å². The summed E-state index contributed by atoms with van der Waals surface area (Å²) in [7, 11) is 0. The van der Waals surface area contributed by atoms with E-state index in [2.05, 4.69) is 0 Å². The minimum absolute atomic E-state index is 0. The number of hydrogen-bond donors (Lipinski definition) is 1. The van der Waals surface area contributed by atoms with Crippen molar-refractivity contribution < 1.29 is 14.0 Å². The molecule has 2 N–H and O–H groups in total. The molecule has 2 aromatic rings. The van der Waals surface area contributed by atoms with E-state index in [1.165, 1.54) is 24.3 Å². The molecule has 2 amide bonds. The molecule has 0 radical (unpaired) electrons. The minimum atomic E-state index is -1.11. The molecule has 1 saturated heterocycles. The second kappa shape index (κ2) is 9.17. The van der Waals surface area contributed by atoms with E-state index in [0.717, 1.165) is 5.56 Å².